The number of rotatable bonds is 6. The molecular formula is C16H25NO2. The van der Waals surface area contributed by atoms with Crippen molar-refractivity contribution < 1.29 is 9.47 Å². The summed E-state index contributed by atoms with van der Waals surface area (Å²) in [5, 5.41) is 3.63. The van der Waals surface area contributed by atoms with Gasteiger partial charge in [-0.3, -0.25) is 0 Å². The quantitative estimate of drug-likeness (QED) is 0.855. The molecule has 0 radical (unpaired) electrons. The Morgan fingerprint density at radius 3 is 3.00 bits per heavy atom. The summed E-state index contributed by atoms with van der Waals surface area (Å²) in [5.41, 5.74) is 1.34. The highest BCUT2D eigenvalue weighted by molar-refractivity contribution is 5.28. The molecule has 1 aromatic rings. The topological polar surface area (TPSA) is 30.5 Å². The first-order chi connectivity index (χ1) is 9.14. The fourth-order valence-corrected chi connectivity index (χ4v) is 2.34. The molecule has 0 saturated carbocycles. The Hall–Kier alpha value is -1.06. The second kappa shape index (κ2) is 6.40. The highest BCUT2D eigenvalue weighted by Gasteiger charge is 2.36. The lowest BCUT2D eigenvalue weighted by molar-refractivity contribution is 0.0881. The molecule has 1 saturated heterocycles. The molecular weight excluding hydrogens is 238 g/mol. The van der Waals surface area contributed by atoms with Crippen LogP contribution in [-0.2, 0) is 11.3 Å². The van der Waals surface area contributed by atoms with Crippen LogP contribution >= 0.6 is 0 Å². The first kappa shape index (κ1) is 14.4. The van der Waals surface area contributed by atoms with E-state index < -0.39 is 0 Å². The molecule has 2 unspecified atom stereocenters. The van der Waals surface area contributed by atoms with Crippen molar-refractivity contribution in [3.05, 3.63) is 29.8 Å². The van der Waals surface area contributed by atoms with Crippen molar-refractivity contribution in [2.45, 2.75) is 51.8 Å². The van der Waals surface area contributed by atoms with Crippen LogP contribution in [0.3, 0.4) is 0 Å². The van der Waals surface area contributed by atoms with Gasteiger partial charge in [-0.15, -0.1) is 0 Å². The van der Waals surface area contributed by atoms with Gasteiger partial charge in [0.1, 0.15) is 5.75 Å². The zero-order valence-corrected chi connectivity index (χ0v) is 12.2. The molecule has 0 spiro atoms. The fraction of sp³-hybridized carbons (Fsp3) is 0.625. The van der Waals surface area contributed by atoms with Gasteiger partial charge in [0, 0.05) is 18.7 Å². The van der Waals surface area contributed by atoms with Crippen molar-refractivity contribution >= 4 is 0 Å². The van der Waals surface area contributed by atoms with Gasteiger partial charge in [-0.25, -0.2) is 0 Å². The Balaban J connectivity index is 1.92. The molecule has 1 heterocycles. The predicted molar refractivity (Wildman–Crippen MR) is 77.5 cm³/mol. The molecule has 0 bridgehead atoms. The second-order valence-electron chi connectivity index (χ2n) is 5.53. The van der Waals surface area contributed by atoms with E-state index in [4.69, 9.17) is 9.47 Å². The van der Waals surface area contributed by atoms with Crippen molar-refractivity contribution in [3.8, 4) is 5.75 Å². The van der Waals surface area contributed by atoms with Crippen LogP contribution in [0.1, 0.15) is 39.2 Å². The molecule has 2 rings (SSSR count). The predicted octanol–water partition coefficient (Wildman–Crippen LogP) is 3.13. The monoisotopic (exact) mass is 263 g/mol. The largest absolute Gasteiger partial charge is 0.494 e. The first-order valence-electron chi connectivity index (χ1n) is 7.22. The van der Waals surface area contributed by atoms with Crippen LogP contribution in [0.15, 0.2) is 24.3 Å². The normalized spacial score (nSPS) is 26.6. The summed E-state index contributed by atoms with van der Waals surface area (Å²) in [7, 11) is 0. The lowest BCUT2D eigenvalue weighted by Crippen LogP contribution is -2.47. The molecule has 1 N–H and O–H groups in total. The van der Waals surface area contributed by atoms with Crippen LogP contribution in [0.4, 0.5) is 0 Å². The third-order valence-electron chi connectivity index (χ3n) is 3.95. The highest BCUT2D eigenvalue weighted by Crippen LogP contribution is 2.25. The minimum atomic E-state index is 0.0836. The smallest absolute Gasteiger partial charge is 0.119 e. The summed E-state index contributed by atoms with van der Waals surface area (Å²) >= 11 is 0. The van der Waals surface area contributed by atoms with E-state index in [1.54, 1.807) is 0 Å². The zero-order chi connectivity index (χ0) is 13.7. The average molecular weight is 263 g/mol. The van der Waals surface area contributed by atoms with E-state index in [9.17, 15) is 0 Å². The van der Waals surface area contributed by atoms with Gasteiger partial charge in [-0.2, -0.15) is 0 Å². The van der Waals surface area contributed by atoms with E-state index in [0.717, 1.165) is 38.3 Å². The Labute approximate surface area is 116 Å². The number of benzene rings is 1. The summed E-state index contributed by atoms with van der Waals surface area (Å²) in [6, 6.07) is 8.32. The highest BCUT2D eigenvalue weighted by atomic mass is 16.5. The van der Waals surface area contributed by atoms with Crippen molar-refractivity contribution in [1.29, 1.82) is 0 Å². The van der Waals surface area contributed by atoms with Crippen LogP contribution in [0.5, 0.6) is 5.75 Å². The number of nitrogens with one attached hydrogen (secondary N) is 1. The van der Waals surface area contributed by atoms with Crippen LogP contribution in [-0.4, -0.2) is 24.9 Å². The zero-order valence-electron chi connectivity index (χ0n) is 12.2. The third kappa shape index (κ3) is 3.71. The van der Waals surface area contributed by atoms with Crippen molar-refractivity contribution in [2.24, 2.45) is 0 Å². The van der Waals surface area contributed by atoms with E-state index >= 15 is 0 Å². The maximum Gasteiger partial charge on any atom is 0.119 e. The molecule has 1 aliphatic rings. The molecule has 1 aliphatic heterocycles. The van der Waals surface area contributed by atoms with E-state index in [-0.39, 0.29) is 11.6 Å². The van der Waals surface area contributed by atoms with E-state index in [0.29, 0.717) is 0 Å². The lowest BCUT2D eigenvalue weighted by atomic mass is 9.94. The maximum atomic E-state index is 5.66. The molecule has 0 amide bonds. The summed E-state index contributed by atoms with van der Waals surface area (Å²) in [6.45, 7) is 8.98. The molecule has 3 nitrogen and oxygen atoms in total. The summed E-state index contributed by atoms with van der Waals surface area (Å²) < 4.78 is 11.3. The van der Waals surface area contributed by atoms with Gasteiger partial charge in [0.15, 0.2) is 0 Å². The number of hydrogen-bond acceptors (Lipinski definition) is 3. The van der Waals surface area contributed by atoms with Gasteiger partial charge < -0.3 is 14.8 Å². The number of hydrogen-bond donors (Lipinski definition) is 1. The van der Waals surface area contributed by atoms with Gasteiger partial charge in [-0.1, -0.05) is 19.1 Å². The van der Waals surface area contributed by atoms with Crippen LogP contribution in [0, 0.1) is 0 Å². The minimum Gasteiger partial charge on any atom is -0.494 e. The molecule has 1 fully saturated rings. The third-order valence-corrected chi connectivity index (χ3v) is 3.95. The van der Waals surface area contributed by atoms with Crippen LogP contribution in [0.2, 0.25) is 0 Å². The van der Waals surface area contributed by atoms with Gasteiger partial charge in [0.2, 0.25) is 0 Å². The van der Waals surface area contributed by atoms with Crippen LogP contribution in [0.25, 0.3) is 0 Å². The van der Waals surface area contributed by atoms with Gasteiger partial charge >= 0.3 is 0 Å². The van der Waals surface area contributed by atoms with Crippen molar-refractivity contribution in [3.63, 3.8) is 0 Å². The van der Waals surface area contributed by atoms with Crippen molar-refractivity contribution in [1.82, 2.24) is 5.32 Å². The molecule has 2 atom stereocenters. The molecule has 3 heteroatoms. The summed E-state index contributed by atoms with van der Waals surface area (Å²) in [6.07, 6.45) is 2.38. The summed E-state index contributed by atoms with van der Waals surface area (Å²) in [4.78, 5) is 0. The first-order valence-corrected chi connectivity index (χ1v) is 7.22. The Kier molecular flexibility index (Phi) is 4.83. The minimum absolute atomic E-state index is 0.0836. The molecule has 106 valence electrons. The van der Waals surface area contributed by atoms with E-state index in [1.165, 1.54) is 5.56 Å². The Morgan fingerprint density at radius 1 is 1.47 bits per heavy atom. The molecule has 0 aliphatic carbocycles. The molecule has 1 aromatic carbocycles. The lowest BCUT2D eigenvalue weighted by Gasteiger charge is -2.29. The average Bonchev–Trinajstić information content (AvgIpc) is 2.75. The van der Waals surface area contributed by atoms with Crippen molar-refractivity contribution in [2.75, 3.05) is 13.2 Å². The van der Waals surface area contributed by atoms with Gasteiger partial charge in [-0.05, 0) is 44.4 Å². The van der Waals surface area contributed by atoms with E-state index in [2.05, 4.69) is 44.3 Å². The maximum absolute atomic E-state index is 5.66. The van der Waals surface area contributed by atoms with Crippen LogP contribution < -0.4 is 10.1 Å². The second-order valence-corrected chi connectivity index (χ2v) is 5.53. The molecule has 19 heavy (non-hydrogen) atoms. The standard InChI is InChI=1S/C16H25NO2/c1-4-9-19-15-7-5-6-14(11-15)12-17-16(3)8-10-18-13(16)2/h5-7,11,13,17H,4,8-10,12H2,1-3H3. The number of ether oxygens (including phenoxy) is 2. The fourth-order valence-electron chi connectivity index (χ4n) is 2.34. The molecule has 0 aromatic heterocycles. The van der Waals surface area contributed by atoms with Gasteiger partial charge in [0.05, 0.1) is 12.7 Å². The SMILES string of the molecule is CCCOc1cccc(CNC2(C)CCOC2C)c1. The Bertz CT molecular complexity index is 407. The summed E-state index contributed by atoms with van der Waals surface area (Å²) in [5.74, 6) is 0.960. The van der Waals surface area contributed by atoms with E-state index in [1.807, 2.05) is 6.07 Å². The van der Waals surface area contributed by atoms with Gasteiger partial charge in [0.25, 0.3) is 0 Å². The Morgan fingerprint density at radius 2 is 2.32 bits per heavy atom.